The Morgan fingerprint density at radius 2 is 1.97 bits per heavy atom. The average molecular weight is 555 g/mol. The molecule has 0 saturated heterocycles. The number of aromatic nitrogens is 3. The fourth-order valence-corrected chi connectivity index (χ4v) is 4.12. The largest absolute Gasteiger partial charge is 0.382 e. The summed E-state index contributed by atoms with van der Waals surface area (Å²) in [6.07, 6.45) is 10.0. The SMILES string of the molecule is CCNC(=NCCCc1nnc(SC)n1C1CCCC1)NCCCOCCOC.I. The summed E-state index contributed by atoms with van der Waals surface area (Å²) in [5.74, 6) is 1.98. The lowest BCUT2D eigenvalue weighted by Crippen LogP contribution is -2.38. The van der Waals surface area contributed by atoms with Crippen LogP contribution in [0.5, 0.6) is 0 Å². The molecule has 0 unspecified atom stereocenters. The molecule has 1 heterocycles. The molecule has 0 aromatic carbocycles. The van der Waals surface area contributed by atoms with E-state index in [0.717, 1.165) is 62.4 Å². The van der Waals surface area contributed by atoms with Crippen molar-refractivity contribution in [3.05, 3.63) is 5.82 Å². The fraction of sp³-hybridized carbons (Fsp3) is 0.850. The van der Waals surface area contributed by atoms with E-state index in [9.17, 15) is 0 Å². The average Bonchev–Trinajstić information content (AvgIpc) is 3.39. The maximum absolute atomic E-state index is 5.49. The van der Waals surface area contributed by atoms with Crippen molar-refractivity contribution in [3.8, 4) is 0 Å². The van der Waals surface area contributed by atoms with E-state index in [1.165, 1.54) is 25.7 Å². The zero-order valence-electron chi connectivity index (χ0n) is 18.7. The van der Waals surface area contributed by atoms with Crippen LogP contribution in [0, 0.1) is 0 Å². The predicted octanol–water partition coefficient (Wildman–Crippen LogP) is 3.27. The number of nitrogens with one attached hydrogen (secondary N) is 2. The third kappa shape index (κ3) is 9.69. The topological polar surface area (TPSA) is 85.6 Å². The Morgan fingerprint density at radius 3 is 2.67 bits per heavy atom. The summed E-state index contributed by atoms with van der Waals surface area (Å²) >= 11 is 1.70. The van der Waals surface area contributed by atoms with Crippen LogP contribution >= 0.6 is 35.7 Å². The molecule has 1 aromatic heterocycles. The van der Waals surface area contributed by atoms with Gasteiger partial charge in [-0.3, -0.25) is 4.99 Å². The Labute approximate surface area is 202 Å². The molecule has 174 valence electrons. The number of guanidine groups is 1. The summed E-state index contributed by atoms with van der Waals surface area (Å²) in [6, 6.07) is 0.580. The lowest BCUT2D eigenvalue weighted by Gasteiger charge is -2.16. The molecule has 0 aliphatic heterocycles. The van der Waals surface area contributed by atoms with Gasteiger partial charge in [-0.15, -0.1) is 34.2 Å². The van der Waals surface area contributed by atoms with E-state index in [1.54, 1.807) is 18.9 Å². The summed E-state index contributed by atoms with van der Waals surface area (Å²) in [5.41, 5.74) is 0. The van der Waals surface area contributed by atoms with Crippen LogP contribution in [0.1, 0.15) is 57.3 Å². The maximum Gasteiger partial charge on any atom is 0.191 e. The molecule has 2 N–H and O–H groups in total. The highest BCUT2D eigenvalue weighted by Crippen LogP contribution is 2.33. The second kappa shape index (κ2) is 17.0. The third-order valence-corrected chi connectivity index (χ3v) is 5.61. The van der Waals surface area contributed by atoms with Gasteiger partial charge in [0.25, 0.3) is 0 Å². The maximum atomic E-state index is 5.49. The number of aryl methyl sites for hydroxylation is 1. The molecular formula is C20H39IN6O2S. The van der Waals surface area contributed by atoms with Crippen molar-refractivity contribution >= 4 is 41.7 Å². The van der Waals surface area contributed by atoms with Gasteiger partial charge in [0.15, 0.2) is 11.1 Å². The molecule has 8 nitrogen and oxygen atoms in total. The number of halogens is 1. The molecule has 1 fully saturated rings. The Balaban J connectivity index is 0.00000450. The number of ether oxygens (including phenoxy) is 2. The van der Waals surface area contributed by atoms with E-state index in [0.29, 0.717) is 19.3 Å². The smallest absolute Gasteiger partial charge is 0.191 e. The van der Waals surface area contributed by atoms with Crippen molar-refractivity contribution in [3.63, 3.8) is 0 Å². The zero-order chi connectivity index (χ0) is 20.7. The summed E-state index contributed by atoms with van der Waals surface area (Å²) in [4.78, 5) is 4.70. The second-order valence-corrected chi connectivity index (χ2v) is 7.93. The predicted molar refractivity (Wildman–Crippen MR) is 134 cm³/mol. The summed E-state index contributed by atoms with van der Waals surface area (Å²) in [5, 5.41) is 16.6. The number of hydrogen-bond donors (Lipinski definition) is 2. The molecule has 0 bridgehead atoms. The lowest BCUT2D eigenvalue weighted by atomic mass is 10.2. The molecule has 0 atom stereocenters. The van der Waals surface area contributed by atoms with Crippen molar-refractivity contribution < 1.29 is 9.47 Å². The summed E-state index contributed by atoms with van der Waals surface area (Å²) in [7, 11) is 1.68. The van der Waals surface area contributed by atoms with Crippen LogP contribution in [0.3, 0.4) is 0 Å². The highest BCUT2D eigenvalue weighted by Gasteiger charge is 2.23. The van der Waals surface area contributed by atoms with Crippen LogP contribution in [0.15, 0.2) is 10.1 Å². The first kappa shape index (κ1) is 27.4. The van der Waals surface area contributed by atoms with Gasteiger partial charge in [-0.05, 0) is 38.9 Å². The number of rotatable bonds is 14. The molecule has 1 aliphatic rings. The third-order valence-electron chi connectivity index (χ3n) is 4.97. The van der Waals surface area contributed by atoms with Crippen LogP contribution in [0.25, 0.3) is 0 Å². The van der Waals surface area contributed by atoms with E-state index >= 15 is 0 Å². The van der Waals surface area contributed by atoms with E-state index in [4.69, 9.17) is 14.5 Å². The normalized spacial score (nSPS) is 14.7. The Hall–Kier alpha value is -0.590. The van der Waals surface area contributed by atoms with Gasteiger partial charge >= 0.3 is 0 Å². The van der Waals surface area contributed by atoms with E-state index in [1.807, 2.05) is 0 Å². The Morgan fingerprint density at radius 1 is 1.17 bits per heavy atom. The molecule has 0 radical (unpaired) electrons. The van der Waals surface area contributed by atoms with Crippen LogP contribution < -0.4 is 10.6 Å². The van der Waals surface area contributed by atoms with Gasteiger partial charge in [0.05, 0.1) is 13.2 Å². The summed E-state index contributed by atoms with van der Waals surface area (Å²) < 4.78 is 12.8. The molecule has 0 spiro atoms. The molecule has 30 heavy (non-hydrogen) atoms. The van der Waals surface area contributed by atoms with Gasteiger partial charge in [0.1, 0.15) is 5.82 Å². The number of methoxy groups -OCH3 is 1. The number of nitrogens with zero attached hydrogens (tertiary/aromatic N) is 4. The Kier molecular flexibility index (Phi) is 15.6. The molecule has 0 amide bonds. The molecule has 2 rings (SSSR count). The van der Waals surface area contributed by atoms with E-state index in [-0.39, 0.29) is 24.0 Å². The van der Waals surface area contributed by atoms with Crippen molar-refractivity contribution in [2.24, 2.45) is 4.99 Å². The molecule has 10 heteroatoms. The lowest BCUT2D eigenvalue weighted by molar-refractivity contribution is 0.0698. The molecule has 1 aromatic rings. The van der Waals surface area contributed by atoms with Crippen LogP contribution in [-0.2, 0) is 15.9 Å². The summed E-state index contributed by atoms with van der Waals surface area (Å²) in [6.45, 7) is 6.56. The second-order valence-electron chi connectivity index (χ2n) is 7.16. The van der Waals surface area contributed by atoms with Gasteiger partial charge < -0.3 is 24.7 Å². The number of thioether (sulfide) groups is 1. The fourth-order valence-electron chi connectivity index (χ4n) is 3.54. The standard InChI is InChI=1S/C20H38N6O2S.HI/c1-4-21-19(23-13-8-14-28-16-15-27-2)22-12-7-11-18-24-25-20(29-3)26(18)17-9-5-6-10-17;/h17H,4-16H2,1-3H3,(H2,21,22,23);1H. The minimum absolute atomic E-state index is 0. The molecule has 1 saturated carbocycles. The van der Waals surface area contributed by atoms with E-state index < -0.39 is 0 Å². The Bertz CT molecular complexity index is 596. The molecule has 1 aliphatic carbocycles. The first-order chi connectivity index (χ1) is 14.3. The molecular weight excluding hydrogens is 515 g/mol. The van der Waals surface area contributed by atoms with Crippen molar-refractivity contribution in [2.45, 2.75) is 63.1 Å². The number of hydrogen-bond acceptors (Lipinski definition) is 6. The van der Waals surface area contributed by atoms with Crippen molar-refractivity contribution in [1.29, 1.82) is 0 Å². The van der Waals surface area contributed by atoms with Gasteiger partial charge in [0.2, 0.25) is 0 Å². The van der Waals surface area contributed by atoms with Crippen molar-refractivity contribution in [2.75, 3.05) is 52.8 Å². The first-order valence-electron chi connectivity index (χ1n) is 10.9. The van der Waals surface area contributed by atoms with Gasteiger partial charge in [-0.2, -0.15) is 0 Å². The highest BCUT2D eigenvalue weighted by molar-refractivity contribution is 14.0. The highest BCUT2D eigenvalue weighted by atomic mass is 127. The van der Waals surface area contributed by atoms with Crippen LogP contribution in [-0.4, -0.2) is 73.5 Å². The van der Waals surface area contributed by atoms with Crippen LogP contribution in [0.2, 0.25) is 0 Å². The number of aliphatic imine (C=N–C) groups is 1. The van der Waals surface area contributed by atoms with Crippen LogP contribution in [0.4, 0.5) is 0 Å². The monoisotopic (exact) mass is 554 g/mol. The van der Waals surface area contributed by atoms with Crippen molar-refractivity contribution in [1.82, 2.24) is 25.4 Å². The minimum Gasteiger partial charge on any atom is -0.382 e. The van der Waals surface area contributed by atoms with E-state index in [2.05, 4.69) is 38.6 Å². The van der Waals surface area contributed by atoms with Gasteiger partial charge in [-0.25, -0.2) is 0 Å². The van der Waals surface area contributed by atoms with Gasteiger partial charge in [-0.1, -0.05) is 24.6 Å². The quantitative estimate of drug-likeness (QED) is 0.120. The van der Waals surface area contributed by atoms with Gasteiger partial charge in [0, 0.05) is 45.8 Å². The first-order valence-corrected chi connectivity index (χ1v) is 12.1. The minimum atomic E-state index is 0. The zero-order valence-corrected chi connectivity index (χ0v) is 21.8.